The third kappa shape index (κ3) is 10.2. The lowest BCUT2D eigenvalue weighted by atomic mass is 9.87. The Morgan fingerprint density at radius 3 is 2.45 bits per heavy atom. The lowest BCUT2D eigenvalue weighted by molar-refractivity contribution is -0.0207. The first-order valence-electron chi connectivity index (χ1n) is 16.1. The largest absolute Gasteiger partial charge is 0.496 e. The molecule has 1 saturated heterocycles. The molecule has 2 N–H and O–H groups in total. The first kappa shape index (κ1) is 33.7. The number of H-pyrrole nitrogens is 1. The summed E-state index contributed by atoms with van der Waals surface area (Å²) in [6.45, 7) is 3.07. The number of hydrogen-bond acceptors (Lipinski definition) is 9. The molecule has 5 rings (SSSR count). The van der Waals surface area contributed by atoms with Crippen molar-refractivity contribution < 1.29 is 33.6 Å². The van der Waals surface area contributed by atoms with Crippen molar-refractivity contribution in [3.05, 3.63) is 95.3 Å². The number of amides is 1. The Bertz CT molecular complexity index is 1500. The van der Waals surface area contributed by atoms with E-state index in [1.165, 1.54) is 4.90 Å². The Morgan fingerprint density at radius 1 is 0.894 bits per heavy atom. The van der Waals surface area contributed by atoms with Crippen LogP contribution >= 0.6 is 0 Å². The molecule has 1 aliphatic heterocycles. The predicted molar refractivity (Wildman–Crippen MR) is 174 cm³/mol. The van der Waals surface area contributed by atoms with Gasteiger partial charge in [0.1, 0.15) is 23.9 Å². The second-order valence-corrected chi connectivity index (χ2v) is 11.3. The maximum atomic E-state index is 11.8. The molecule has 2 unspecified atom stereocenters. The highest BCUT2D eigenvalue weighted by Gasteiger charge is 2.33. The molecule has 2 heterocycles. The summed E-state index contributed by atoms with van der Waals surface area (Å²) in [6, 6.07) is 23.8. The zero-order chi connectivity index (χ0) is 32.7. The van der Waals surface area contributed by atoms with E-state index in [0.717, 1.165) is 59.6 Å². The maximum Gasteiger partial charge on any atom is 0.407 e. The van der Waals surface area contributed by atoms with Crippen molar-refractivity contribution in [2.24, 2.45) is 0 Å². The molecular weight excluding hydrogens is 602 g/mol. The number of rotatable bonds is 18. The normalized spacial score (nSPS) is 16.1. The Balaban J connectivity index is 1.07. The van der Waals surface area contributed by atoms with Crippen LogP contribution in [0.15, 0.2) is 72.8 Å². The number of tetrazole rings is 1. The second kappa shape index (κ2) is 17.9. The topological polar surface area (TPSA) is 141 Å². The van der Waals surface area contributed by atoms with Crippen molar-refractivity contribution in [2.75, 3.05) is 46.6 Å². The van der Waals surface area contributed by atoms with Gasteiger partial charge >= 0.3 is 6.09 Å². The van der Waals surface area contributed by atoms with E-state index in [1.807, 2.05) is 66.7 Å². The van der Waals surface area contributed by atoms with Crippen LogP contribution in [-0.2, 0) is 28.9 Å². The van der Waals surface area contributed by atoms with Crippen LogP contribution in [0.5, 0.6) is 17.2 Å². The van der Waals surface area contributed by atoms with Gasteiger partial charge in [-0.15, -0.1) is 10.2 Å². The second-order valence-electron chi connectivity index (χ2n) is 11.3. The van der Waals surface area contributed by atoms with E-state index < -0.39 is 6.09 Å². The van der Waals surface area contributed by atoms with Gasteiger partial charge in [-0.3, -0.25) is 0 Å². The zero-order valence-electron chi connectivity index (χ0n) is 26.8. The van der Waals surface area contributed by atoms with Crippen LogP contribution in [-0.4, -0.2) is 89.5 Å². The number of para-hydroxylation sites is 2. The molecule has 0 radical (unpaired) electrons. The molecule has 3 aromatic carbocycles. The number of aromatic amines is 1. The quantitative estimate of drug-likeness (QED) is 0.137. The van der Waals surface area contributed by atoms with Crippen molar-refractivity contribution in [3.8, 4) is 17.2 Å². The fourth-order valence-electron chi connectivity index (χ4n) is 5.73. The Kier molecular flexibility index (Phi) is 12.8. The average Bonchev–Trinajstić information content (AvgIpc) is 3.63. The SMILES string of the molecule is COc1ccccc1COCCCOc1ccc(C2CCN(C(=O)O)CC2OCCOc2ccccc2CCCc2nn[nH]n2)cc1. The summed E-state index contributed by atoms with van der Waals surface area (Å²) < 4.78 is 29.5. The summed E-state index contributed by atoms with van der Waals surface area (Å²) in [6.07, 6.45) is 2.62. The van der Waals surface area contributed by atoms with Crippen molar-refractivity contribution in [2.45, 2.75) is 50.7 Å². The van der Waals surface area contributed by atoms with Gasteiger partial charge in [0.2, 0.25) is 0 Å². The number of nitrogens with one attached hydrogen (secondary N) is 1. The highest BCUT2D eigenvalue weighted by atomic mass is 16.5. The third-order valence-corrected chi connectivity index (χ3v) is 8.17. The van der Waals surface area contributed by atoms with Gasteiger partial charge in [-0.25, -0.2) is 4.79 Å². The van der Waals surface area contributed by atoms with E-state index in [0.29, 0.717) is 58.4 Å². The van der Waals surface area contributed by atoms with Gasteiger partial charge in [-0.2, -0.15) is 5.21 Å². The number of nitrogens with zero attached hydrogens (tertiary/aromatic N) is 4. The number of aromatic nitrogens is 4. The number of benzene rings is 3. The summed E-state index contributed by atoms with van der Waals surface area (Å²) in [5.74, 6) is 3.17. The molecule has 12 nitrogen and oxygen atoms in total. The molecule has 0 aliphatic carbocycles. The summed E-state index contributed by atoms with van der Waals surface area (Å²) >= 11 is 0. The number of methoxy groups -OCH3 is 1. The van der Waals surface area contributed by atoms with Crippen LogP contribution in [0.25, 0.3) is 0 Å². The molecule has 12 heteroatoms. The highest BCUT2D eigenvalue weighted by molar-refractivity contribution is 5.65. The molecule has 2 atom stereocenters. The number of carbonyl (C=O) groups is 1. The van der Waals surface area contributed by atoms with Crippen molar-refractivity contribution in [1.29, 1.82) is 0 Å². The standard InChI is InChI=1S/C35H43N5O7/c1-43-31-11-4-3-9-28(31)25-44-20-7-21-45-29-16-14-26(15-17-29)30-18-19-40(35(41)42)24-33(30)47-23-22-46-32-12-5-2-8-27(32)10-6-13-34-36-38-39-37-34/h2-5,8-9,11-12,14-17,30,33H,6-7,10,13,18-25H2,1H3,(H,41,42)(H,36,37,38,39). The van der Waals surface area contributed by atoms with Crippen LogP contribution in [0.1, 0.15) is 47.7 Å². The van der Waals surface area contributed by atoms with Gasteiger partial charge in [0, 0.05) is 30.9 Å². The zero-order valence-corrected chi connectivity index (χ0v) is 26.8. The smallest absolute Gasteiger partial charge is 0.407 e. The van der Waals surface area contributed by atoms with E-state index in [-0.39, 0.29) is 12.0 Å². The predicted octanol–water partition coefficient (Wildman–Crippen LogP) is 5.30. The number of hydrogen-bond donors (Lipinski definition) is 2. The lowest BCUT2D eigenvalue weighted by Crippen LogP contribution is -2.46. The lowest BCUT2D eigenvalue weighted by Gasteiger charge is -2.37. The molecule has 1 fully saturated rings. The molecule has 0 spiro atoms. The fraction of sp³-hybridized carbons (Fsp3) is 0.429. The van der Waals surface area contributed by atoms with Crippen LogP contribution < -0.4 is 14.2 Å². The summed E-state index contributed by atoms with van der Waals surface area (Å²) in [5.41, 5.74) is 3.22. The van der Waals surface area contributed by atoms with Gasteiger partial charge in [0.15, 0.2) is 5.82 Å². The van der Waals surface area contributed by atoms with Crippen LogP contribution in [0, 0.1) is 0 Å². The Hall–Kier alpha value is -4.68. The maximum absolute atomic E-state index is 11.8. The first-order valence-corrected chi connectivity index (χ1v) is 16.1. The highest BCUT2D eigenvalue weighted by Crippen LogP contribution is 2.32. The summed E-state index contributed by atoms with van der Waals surface area (Å²) in [4.78, 5) is 13.2. The van der Waals surface area contributed by atoms with Gasteiger partial charge < -0.3 is 33.7 Å². The van der Waals surface area contributed by atoms with Crippen molar-refractivity contribution >= 4 is 6.09 Å². The molecule has 1 amide bonds. The number of carboxylic acid groups (broad SMARTS) is 1. The number of piperidine rings is 1. The average molecular weight is 646 g/mol. The first-order chi connectivity index (χ1) is 23.1. The van der Waals surface area contributed by atoms with Crippen LogP contribution in [0.2, 0.25) is 0 Å². The molecule has 0 bridgehead atoms. The van der Waals surface area contributed by atoms with E-state index in [2.05, 4.69) is 26.7 Å². The van der Waals surface area contributed by atoms with Gasteiger partial charge in [-0.1, -0.05) is 53.7 Å². The minimum Gasteiger partial charge on any atom is -0.496 e. The molecule has 250 valence electrons. The van der Waals surface area contributed by atoms with Crippen LogP contribution in [0.4, 0.5) is 4.79 Å². The van der Waals surface area contributed by atoms with Gasteiger partial charge in [0.05, 0.1) is 46.2 Å². The van der Waals surface area contributed by atoms with Crippen molar-refractivity contribution in [1.82, 2.24) is 25.5 Å². The van der Waals surface area contributed by atoms with Gasteiger partial charge in [0.25, 0.3) is 0 Å². The van der Waals surface area contributed by atoms with Crippen molar-refractivity contribution in [3.63, 3.8) is 0 Å². The van der Waals surface area contributed by atoms with E-state index in [1.54, 1.807) is 7.11 Å². The van der Waals surface area contributed by atoms with E-state index in [9.17, 15) is 9.90 Å². The summed E-state index contributed by atoms with van der Waals surface area (Å²) in [7, 11) is 1.66. The number of aryl methyl sites for hydroxylation is 2. The van der Waals surface area contributed by atoms with Gasteiger partial charge in [-0.05, 0) is 54.7 Å². The molecule has 4 aromatic rings. The van der Waals surface area contributed by atoms with Crippen LogP contribution in [0.3, 0.4) is 0 Å². The summed E-state index contributed by atoms with van der Waals surface area (Å²) in [5, 5.41) is 23.7. The molecule has 0 saturated carbocycles. The number of likely N-dealkylation sites (tertiary alicyclic amines) is 1. The monoisotopic (exact) mass is 645 g/mol. The Labute approximate surface area is 274 Å². The molecular formula is C35H43N5O7. The minimum absolute atomic E-state index is 0.0560. The van der Waals surface area contributed by atoms with E-state index in [4.69, 9.17) is 23.7 Å². The molecule has 47 heavy (non-hydrogen) atoms. The Morgan fingerprint density at radius 2 is 1.68 bits per heavy atom. The molecule has 1 aromatic heterocycles. The van der Waals surface area contributed by atoms with E-state index >= 15 is 0 Å². The minimum atomic E-state index is -0.932. The number of ether oxygens (including phenoxy) is 5. The molecule has 1 aliphatic rings. The third-order valence-electron chi connectivity index (χ3n) is 8.17. The fourth-order valence-corrected chi connectivity index (χ4v) is 5.73.